The summed E-state index contributed by atoms with van der Waals surface area (Å²) in [4.78, 5) is 17.3. The molecule has 1 amide bonds. The summed E-state index contributed by atoms with van der Waals surface area (Å²) < 4.78 is 5.96. The second-order valence-corrected chi connectivity index (χ2v) is 9.29. The van der Waals surface area contributed by atoms with Gasteiger partial charge in [-0.3, -0.25) is 9.78 Å². The molecular formula is C27H25N3O2S. The SMILES string of the molecule is CC(C)(C)c1cccc(NC(=O)c2ccc3ccc(Oc4ccnc(C(N)=S)c4)cc3c2)c1. The van der Waals surface area contributed by atoms with E-state index >= 15 is 0 Å². The second kappa shape index (κ2) is 9.00. The molecule has 3 N–H and O–H groups in total. The molecule has 33 heavy (non-hydrogen) atoms. The topological polar surface area (TPSA) is 77.2 Å². The van der Waals surface area contributed by atoms with Crippen molar-refractivity contribution in [3.05, 3.63) is 95.8 Å². The summed E-state index contributed by atoms with van der Waals surface area (Å²) in [5, 5.41) is 4.91. The standard InChI is InChI=1S/C27H25N3O2S/c1-27(2,3)20-5-4-6-21(15-20)30-26(31)18-8-7-17-9-10-22(14-19(17)13-18)32-23-11-12-29-24(16-23)25(28)33/h4-16H,1-3H3,(H2,28,33)(H,30,31). The zero-order chi connectivity index (χ0) is 23.6. The number of nitrogens with two attached hydrogens (primary N) is 1. The minimum absolute atomic E-state index is 0.00470. The van der Waals surface area contributed by atoms with Gasteiger partial charge in [-0.25, -0.2) is 0 Å². The number of fused-ring (bicyclic) bond motifs is 1. The van der Waals surface area contributed by atoms with Crippen molar-refractivity contribution in [3.8, 4) is 11.5 Å². The molecule has 0 unspecified atom stereocenters. The number of nitrogens with zero attached hydrogens (tertiary/aromatic N) is 1. The van der Waals surface area contributed by atoms with Gasteiger partial charge in [-0.2, -0.15) is 0 Å². The molecule has 0 saturated carbocycles. The molecule has 0 aliphatic carbocycles. The Kier molecular flexibility index (Phi) is 6.11. The minimum atomic E-state index is -0.162. The average molecular weight is 456 g/mol. The molecule has 5 nitrogen and oxygen atoms in total. The molecule has 1 aromatic heterocycles. The van der Waals surface area contributed by atoms with Gasteiger partial charge in [0, 0.05) is 23.5 Å². The van der Waals surface area contributed by atoms with Gasteiger partial charge in [-0.15, -0.1) is 0 Å². The Morgan fingerprint density at radius 3 is 2.45 bits per heavy atom. The van der Waals surface area contributed by atoms with E-state index in [1.807, 2.05) is 54.6 Å². The molecule has 0 fully saturated rings. The fraction of sp³-hybridized carbons (Fsp3) is 0.148. The molecule has 3 aromatic carbocycles. The van der Waals surface area contributed by atoms with Crippen LogP contribution < -0.4 is 15.8 Å². The number of carbonyl (C=O) groups excluding carboxylic acids is 1. The number of hydrogen-bond acceptors (Lipinski definition) is 4. The molecule has 4 aromatic rings. The second-order valence-electron chi connectivity index (χ2n) is 8.85. The molecule has 0 saturated heterocycles. The number of anilines is 1. The third-order valence-corrected chi connectivity index (χ3v) is 5.49. The molecule has 0 atom stereocenters. The van der Waals surface area contributed by atoms with E-state index in [1.54, 1.807) is 18.3 Å². The Morgan fingerprint density at radius 2 is 1.70 bits per heavy atom. The summed E-state index contributed by atoms with van der Waals surface area (Å²) in [5.74, 6) is 1.06. The predicted molar refractivity (Wildman–Crippen MR) is 137 cm³/mol. The molecule has 0 aliphatic heterocycles. The molecule has 0 bridgehead atoms. The molecule has 6 heteroatoms. The number of aromatic nitrogens is 1. The van der Waals surface area contributed by atoms with Crippen molar-refractivity contribution in [1.82, 2.24) is 4.98 Å². The first-order valence-corrected chi connectivity index (χ1v) is 11.0. The third-order valence-electron chi connectivity index (χ3n) is 5.28. The van der Waals surface area contributed by atoms with Gasteiger partial charge < -0.3 is 15.8 Å². The van der Waals surface area contributed by atoms with Gasteiger partial charge in [-0.05, 0) is 64.2 Å². The highest BCUT2D eigenvalue weighted by molar-refractivity contribution is 7.80. The Morgan fingerprint density at radius 1 is 0.939 bits per heavy atom. The van der Waals surface area contributed by atoms with Crippen molar-refractivity contribution in [2.75, 3.05) is 5.32 Å². The quantitative estimate of drug-likeness (QED) is 0.350. The molecule has 0 radical (unpaired) electrons. The summed E-state index contributed by atoms with van der Waals surface area (Å²) >= 11 is 4.98. The lowest BCUT2D eigenvalue weighted by Crippen LogP contribution is -2.14. The van der Waals surface area contributed by atoms with Gasteiger partial charge in [0.1, 0.15) is 22.2 Å². The Hall–Kier alpha value is -3.77. The van der Waals surface area contributed by atoms with Crippen molar-refractivity contribution < 1.29 is 9.53 Å². The number of rotatable bonds is 5. The number of pyridine rings is 1. The largest absolute Gasteiger partial charge is 0.457 e. The van der Waals surface area contributed by atoms with Gasteiger partial charge >= 0.3 is 0 Å². The van der Waals surface area contributed by atoms with Gasteiger partial charge in [0.2, 0.25) is 0 Å². The molecule has 166 valence electrons. The monoisotopic (exact) mass is 455 g/mol. The van der Waals surface area contributed by atoms with Crippen molar-refractivity contribution in [2.24, 2.45) is 5.73 Å². The van der Waals surface area contributed by atoms with Crippen LogP contribution in [0.15, 0.2) is 79.0 Å². The van der Waals surface area contributed by atoms with Crippen molar-refractivity contribution in [3.63, 3.8) is 0 Å². The normalized spacial score (nSPS) is 11.2. The predicted octanol–water partition coefficient (Wildman–Crippen LogP) is 6.21. The van der Waals surface area contributed by atoms with Crippen molar-refractivity contribution >= 4 is 39.6 Å². The number of ether oxygens (including phenoxy) is 1. The van der Waals surface area contributed by atoms with Crippen LogP contribution in [-0.4, -0.2) is 15.9 Å². The van der Waals surface area contributed by atoms with Crippen LogP contribution >= 0.6 is 12.2 Å². The van der Waals surface area contributed by atoms with Crippen molar-refractivity contribution in [1.29, 1.82) is 0 Å². The smallest absolute Gasteiger partial charge is 0.255 e. The first-order chi connectivity index (χ1) is 15.7. The molecule has 4 rings (SSSR count). The molecule has 0 aliphatic rings. The first-order valence-electron chi connectivity index (χ1n) is 10.6. The molecule has 0 spiro atoms. The Bertz CT molecular complexity index is 1360. The maximum atomic E-state index is 12.9. The summed E-state index contributed by atoms with van der Waals surface area (Å²) in [7, 11) is 0. The Balaban J connectivity index is 1.57. The van der Waals surface area contributed by atoms with Crippen LogP contribution in [0.25, 0.3) is 10.8 Å². The summed E-state index contributed by atoms with van der Waals surface area (Å²) in [6, 6.07) is 22.7. The van der Waals surface area contributed by atoms with Crippen LogP contribution in [0.4, 0.5) is 5.69 Å². The number of thiocarbonyl (C=S) groups is 1. The lowest BCUT2D eigenvalue weighted by molar-refractivity contribution is 0.102. The van der Waals surface area contributed by atoms with Gasteiger partial charge in [-0.1, -0.05) is 57.3 Å². The van der Waals surface area contributed by atoms with Crippen LogP contribution in [0.5, 0.6) is 11.5 Å². The number of amides is 1. The van der Waals surface area contributed by atoms with E-state index < -0.39 is 0 Å². The van der Waals surface area contributed by atoms with Gasteiger partial charge in [0.15, 0.2) is 0 Å². The van der Waals surface area contributed by atoms with Crippen LogP contribution in [-0.2, 0) is 5.41 Å². The number of carbonyl (C=O) groups is 1. The van der Waals surface area contributed by atoms with Crippen molar-refractivity contribution in [2.45, 2.75) is 26.2 Å². The van der Waals surface area contributed by atoms with E-state index in [4.69, 9.17) is 22.7 Å². The maximum absolute atomic E-state index is 12.9. The number of hydrogen-bond donors (Lipinski definition) is 2. The van der Waals surface area contributed by atoms with E-state index in [0.717, 1.165) is 22.0 Å². The average Bonchev–Trinajstić information content (AvgIpc) is 2.78. The highest BCUT2D eigenvalue weighted by atomic mass is 32.1. The van der Waals surface area contributed by atoms with Gasteiger partial charge in [0.25, 0.3) is 5.91 Å². The number of nitrogens with one attached hydrogen (secondary N) is 1. The first kappa shape index (κ1) is 22.4. The van der Waals surface area contributed by atoms with Crippen LogP contribution in [0.2, 0.25) is 0 Å². The van der Waals surface area contributed by atoms with Crippen LogP contribution in [0.3, 0.4) is 0 Å². The zero-order valence-corrected chi connectivity index (χ0v) is 19.6. The lowest BCUT2D eigenvalue weighted by atomic mass is 9.87. The van der Waals surface area contributed by atoms with Gasteiger partial charge in [0.05, 0.1) is 0 Å². The fourth-order valence-electron chi connectivity index (χ4n) is 3.44. The van der Waals surface area contributed by atoms with E-state index in [-0.39, 0.29) is 16.3 Å². The highest BCUT2D eigenvalue weighted by Crippen LogP contribution is 2.28. The zero-order valence-electron chi connectivity index (χ0n) is 18.8. The van der Waals surface area contributed by atoms with E-state index in [0.29, 0.717) is 22.8 Å². The summed E-state index contributed by atoms with van der Waals surface area (Å²) in [5.41, 5.74) is 8.66. The number of benzene rings is 3. The molecule has 1 heterocycles. The fourth-order valence-corrected chi connectivity index (χ4v) is 3.55. The Labute approximate surface area is 198 Å². The van der Waals surface area contributed by atoms with E-state index in [1.165, 1.54) is 0 Å². The lowest BCUT2D eigenvalue weighted by Gasteiger charge is -2.20. The van der Waals surface area contributed by atoms with Crippen LogP contribution in [0, 0.1) is 0 Å². The summed E-state index contributed by atoms with van der Waals surface area (Å²) in [6.07, 6.45) is 1.60. The highest BCUT2D eigenvalue weighted by Gasteiger charge is 2.15. The summed E-state index contributed by atoms with van der Waals surface area (Å²) in [6.45, 7) is 6.44. The maximum Gasteiger partial charge on any atom is 0.255 e. The van der Waals surface area contributed by atoms with Crippen LogP contribution in [0.1, 0.15) is 42.4 Å². The minimum Gasteiger partial charge on any atom is -0.457 e. The third kappa shape index (κ3) is 5.35. The van der Waals surface area contributed by atoms with E-state index in [9.17, 15) is 4.79 Å². The van der Waals surface area contributed by atoms with E-state index in [2.05, 4.69) is 37.1 Å². The molecular weight excluding hydrogens is 430 g/mol.